The first-order chi connectivity index (χ1) is 13.5. The molecule has 0 spiro atoms. The summed E-state index contributed by atoms with van der Waals surface area (Å²) in [5.41, 5.74) is 4.60. The quantitative estimate of drug-likeness (QED) is 0.577. The number of hydrogen-bond donors (Lipinski definition) is 2. The molecule has 28 heavy (non-hydrogen) atoms. The van der Waals surface area contributed by atoms with Gasteiger partial charge in [0.05, 0.1) is 12.7 Å². The lowest BCUT2D eigenvalue weighted by Gasteiger charge is -2.16. The fourth-order valence-corrected chi connectivity index (χ4v) is 2.93. The van der Waals surface area contributed by atoms with Crippen LogP contribution in [0.15, 0.2) is 54.7 Å². The molecule has 0 fully saturated rings. The van der Waals surface area contributed by atoms with Crippen molar-refractivity contribution in [2.24, 2.45) is 0 Å². The van der Waals surface area contributed by atoms with Gasteiger partial charge in [0.1, 0.15) is 5.82 Å². The molecule has 3 rings (SSSR count). The van der Waals surface area contributed by atoms with Crippen LogP contribution in [0.25, 0.3) is 0 Å². The maximum absolute atomic E-state index is 11.7. The zero-order valence-corrected chi connectivity index (χ0v) is 16.5. The number of carbonyl (C=O) groups is 1. The molecule has 0 saturated heterocycles. The Kier molecular flexibility index (Phi) is 5.89. The van der Waals surface area contributed by atoms with Crippen molar-refractivity contribution >= 4 is 29.1 Å². The number of anilines is 4. The predicted molar refractivity (Wildman–Crippen MR) is 112 cm³/mol. The van der Waals surface area contributed by atoms with Crippen molar-refractivity contribution in [2.45, 2.75) is 26.7 Å². The predicted octanol–water partition coefficient (Wildman–Crippen LogP) is 5.18. The average Bonchev–Trinajstić information content (AvgIpc) is 2.69. The normalized spacial score (nSPS) is 10.6. The molecule has 6 heteroatoms. The minimum atomic E-state index is -0.380. The molecule has 0 aliphatic rings. The fraction of sp³-hybridized carbons (Fsp3) is 0.227. The Balaban J connectivity index is 1.84. The number of aromatic nitrogens is 2. The fourth-order valence-electron chi connectivity index (χ4n) is 2.93. The van der Waals surface area contributed by atoms with Gasteiger partial charge in [0.25, 0.3) is 0 Å². The molecule has 0 aliphatic heterocycles. The van der Waals surface area contributed by atoms with Gasteiger partial charge < -0.3 is 15.4 Å². The monoisotopic (exact) mass is 376 g/mol. The van der Waals surface area contributed by atoms with Crippen molar-refractivity contribution in [1.29, 1.82) is 0 Å². The minimum Gasteiger partial charge on any atom is -0.465 e. The lowest BCUT2D eigenvalue weighted by atomic mass is 9.98. The Morgan fingerprint density at radius 2 is 1.86 bits per heavy atom. The van der Waals surface area contributed by atoms with Gasteiger partial charge in [0.2, 0.25) is 5.95 Å². The zero-order chi connectivity index (χ0) is 20.1. The van der Waals surface area contributed by atoms with Crippen molar-refractivity contribution in [2.75, 3.05) is 17.7 Å². The number of esters is 1. The Labute approximate surface area is 165 Å². The first-order valence-corrected chi connectivity index (χ1v) is 9.13. The number of carbonyl (C=O) groups excluding carboxylic acids is 1. The third-order valence-electron chi connectivity index (χ3n) is 4.38. The van der Waals surface area contributed by atoms with Gasteiger partial charge >= 0.3 is 5.97 Å². The number of ether oxygens (including phenoxy) is 1. The second kappa shape index (κ2) is 8.52. The van der Waals surface area contributed by atoms with Crippen molar-refractivity contribution in [3.05, 3.63) is 71.4 Å². The molecular weight excluding hydrogens is 352 g/mol. The smallest absolute Gasteiger partial charge is 0.337 e. The Morgan fingerprint density at radius 1 is 1.07 bits per heavy atom. The Morgan fingerprint density at radius 3 is 2.61 bits per heavy atom. The highest BCUT2D eigenvalue weighted by Crippen LogP contribution is 2.29. The van der Waals surface area contributed by atoms with Crippen LogP contribution < -0.4 is 10.6 Å². The van der Waals surface area contributed by atoms with E-state index in [0.29, 0.717) is 23.2 Å². The van der Waals surface area contributed by atoms with E-state index in [-0.39, 0.29) is 5.97 Å². The van der Waals surface area contributed by atoms with E-state index in [0.717, 1.165) is 16.9 Å². The summed E-state index contributed by atoms with van der Waals surface area (Å²) in [6.45, 7) is 6.38. The van der Waals surface area contributed by atoms with E-state index in [4.69, 9.17) is 4.74 Å². The maximum Gasteiger partial charge on any atom is 0.337 e. The highest BCUT2D eigenvalue weighted by molar-refractivity contribution is 5.90. The third-order valence-corrected chi connectivity index (χ3v) is 4.38. The van der Waals surface area contributed by atoms with Crippen LogP contribution in [-0.4, -0.2) is 23.0 Å². The van der Waals surface area contributed by atoms with Crippen molar-refractivity contribution < 1.29 is 9.53 Å². The highest BCUT2D eigenvalue weighted by Gasteiger charge is 2.11. The van der Waals surface area contributed by atoms with Crippen LogP contribution in [0.1, 0.15) is 41.3 Å². The summed E-state index contributed by atoms with van der Waals surface area (Å²) in [5, 5.41) is 6.55. The lowest BCUT2D eigenvalue weighted by molar-refractivity contribution is 0.0601. The summed E-state index contributed by atoms with van der Waals surface area (Å²) in [4.78, 5) is 20.6. The van der Waals surface area contributed by atoms with Gasteiger partial charge in [-0.05, 0) is 48.2 Å². The van der Waals surface area contributed by atoms with Gasteiger partial charge in [-0.2, -0.15) is 4.98 Å². The van der Waals surface area contributed by atoms with Gasteiger partial charge in [-0.3, -0.25) is 0 Å². The molecule has 0 radical (unpaired) electrons. The average molecular weight is 376 g/mol. The number of nitrogens with one attached hydrogen (secondary N) is 2. The summed E-state index contributed by atoms with van der Waals surface area (Å²) in [7, 11) is 1.36. The highest BCUT2D eigenvalue weighted by atomic mass is 16.5. The van der Waals surface area contributed by atoms with E-state index in [2.05, 4.69) is 59.6 Å². The first-order valence-electron chi connectivity index (χ1n) is 9.13. The molecule has 0 atom stereocenters. The SMILES string of the molecule is COC(=O)c1cccc(Nc2ccnc(Nc3c(C)cccc3C(C)C)n2)c1. The summed E-state index contributed by atoms with van der Waals surface area (Å²) >= 11 is 0. The van der Waals surface area contributed by atoms with E-state index in [9.17, 15) is 4.79 Å². The van der Waals surface area contributed by atoms with E-state index in [1.807, 2.05) is 6.07 Å². The van der Waals surface area contributed by atoms with Gasteiger partial charge in [-0.25, -0.2) is 9.78 Å². The number of benzene rings is 2. The van der Waals surface area contributed by atoms with Crippen LogP contribution in [0.5, 0.6) is 0 Å². The van der Waals surface area contributed by atoms with Crippen LogP contribution in [0.2, 0.25) is 0 Å². The van der Waals surface area contributed by atoms with Crippen LogP contribution >= 0.6 is 0 Å². The summed E-state index contributed by atoms with van der Waals surface area (Å²) in [6.07, 6.45) is 1.69. The number of hydrogen-bond acceptors (Lipinski definition) is 6. The molecule has 1 aromatic heterocycles. The molecule has 6 nitrogen and oxygen atoms in total. The topological polar surface area (TPSA) is 76.1 Å². The second-order valence-electron chi connectivity index (χ2n) is 6.78. The minimum absolute atomic E-state index is 0.379. The molecule has 2 N–H and O–H groups in total. The van der Waals surface area contributed by atoms with Gasteiger partial charge in [0.15, 0.2) is 0 Å². The zero-order valence-electron chi connectivity index (χ0n) is 16.5. The van der Waals surface area contributed by atoms with E-state index in [1.165, 1.54) is 12.7 Å². The largest absolute Gasteiger partial charge is 0.465 e. The Bertz CT molecular complexity index is 986. The van der Waals surface area contributed by atoms with Crippen LogP contribution in [0.4, 0.5) is 23.1 Å². The number of methoxy groups -OCH3 is 1. The molecular formula is C22H24N4O2. The standard InChI is InChI=1S/C22H24N4O2/c1-14(2)18-10-5-7-15(3)20(18)26-22-23-12-11-19(25-22)24-17-9-6-8-16(13-17)21(27)28-4/h5-14H,1-4H3,(H2,23,24,25,26). The van der Waals surface area contributed by atoms with Crippen molar-refractivity contribution in [1.82, 2.24) is 9.97 Å². The third kappa shape index (κ3) is 4.46. The summed E-state index contributed by atoms with van der Waals surface area (Å²) in [5.74, 6) is 1.13. The van der Waals surface area contributed by atoms with Crippen molar-refractivity contribution in [3.8, 4) is 0 Å². The van der Waals surface area contributed by atoms with Crippen molar-refractivity contribution in [3.63, 3.8) is 0 Å². The lowest BCUT2D eigenvalue weighted by Crippen LogP contribution is -2.05. The second-order valence-corrected chi connectivity index (χ2v) is 6.78. The Hall–Kier alpha value is -3.41. The van der Waals surface area contributed by atoms with Gasteiger partial charge in [0, 0.05) is 17.6 Å². The van der Waals surface area contributed by atoms with Gasteiger partial charge in [-0.1, -0.05) is 38.1 Å². The first kappa shape index (κ1) is 19.4. The molecule has 3 aromatic rings. The molecule has 0 unspecified atom stereocenters. The summed E-state index contributed by atoms with van der Waals surface area (Å²) in [6, 6.07) is 15.1. The molecule has 144 valence electrons. The van der Waals surface area contributed by atoms with E-state index in [1.54, 1.807) is 30.5 Å². The van der Waals surface area contributed by atoms with Crippen LogP contribution in [0.3, 0.4) is 0 Å². The summed E-state index contributed by atoms with van der Waals surface area (Å²) < 4.78 is 4.77. The number of aryl methyl sites for hydroxylation is 1. The molecule has 0 bridgehead atoms. The van der Waals surface area contributed by atoms with E-state index < -0.39 is 0 Å². The number of nitrogens with zero attached hydrogens (tertiary/aromatic N) is 2. The van der Waals surface area contributed by atoms with Crippen LogP contribution in [0, 0.1) is 6.92 Å². The molecule has 0 amide bonds. The number of rotatable bonds is 6. The molecule has 1 heterocycles. The molecule has 0 aliphatic carbocycles. The van der Waals surface area contributed by atoms with Gasteiger partial charge in [-0.15, -0.1) is 0 Å². The number of para-hydroxylation sites is 1. The molecule has 0 saturated carbocycles. The maximum atomic E-state index is 11.7. The molecule has 2 aromatic carbocycles. The van der Waals surface area contributed by atoms with E-state index >= 15 is 0 Å². The van der Waals surface area contributed by atoms with Crippen LogP contribution in [-0.2, 0) is 4.74 Å².